The molecule has 3 amide bonds. The van der Waals surface area contributed by atoms with E-state index in [2.05, 4.69) is 10.6 Å². The Bertz CT molecular complexity index is 1590. The molecule has 0 saturated heterocycles. The van der Waals surface area contributed by atoms with Crippen molar-refractivity contribution in [2.45, 2.75) is 65.1 Å². The van der Waals surface area contributed by atoms with Gasteiger partial charge in [0.05, 0.1) is 0 Å². The molecule has 8 nitrogen and oxygen atoms in total. The predicted molar refractivity (Wildman–Crippen MR) is 173 cm³/mol. The van der Waals surface area contributed by atoms with Crippen LogP contribution in [0.2, 0.25) is 0 Å². The Hall–Kier alpha value is -4.85. The standard InChI is InChI=1S/C36H41N3O5/c1-6-21-39(34(42)31(38-35(43)44-36(3,4)5)22-25-13-19-30(40)20-14-25)32(27-15-11-24(2)12-16-27)33(41)37-29-18-17-26-9-7-8-10-28(26)23-29/h7-20,23,31-32,40H,6,21-22H2,1-5H3,(H,37,41)(H,38,43). The second-order valence-corrected chi connectivity index (χ2v) is 12.0. The minimum atomic E-state index is -1.04. The number of alkyl carbamates (subject to hydrolysis) is 1. The number of anilines is 1. The first-order valence-corrected chi connectivity index (χ1v) is 14.9. The van der Waals surface area contributed by atoms with Crippen molar-refractivity contribution < 1.29 is 24.2 Å². The van der Waals surface area contributed by atoms with E-state index in [0.717, 1.165) is 21.9 Å². The number of aryl methyl sites for hydroxylation is 1. The number of carbonyl (C=O) groups is 3. The van der Waals surface area contributed by atoms with Gasteiger partial charge in [-0.1, -0.05) is 79.2 Å². The number of fused-ring (bicyclic) bond motifs is 1. The van der Waals surface area contributed by atoms with Gasteiger partial charge in [-0.25, -0.2) is 4.79 Å². The molecule has 0 aliphatic rings. The number of amides is 3. The molecule has 0 radical (unpaired) electrons. The first-order chi connectivity index (χ1) is 20.9. The van der Waals surface area contributed by atoms with Gasteiger partial charge in [0, 0.05) is 18.7 Å². The van der Waals surface area contributed by atoms with Crippen molar-refractivity contribution >= 4 is 34.4 Å². The molecule has 0 aliphatic carbocycles. The number of aromatic hydroxyl groups is 1. The summed E-state index contributed by atoms with van der Waals surface area (Å²) in [6, 6.07) is 25.5. The topological polar surface area (TPSA) is 108 Å². The SMILES string of the molecule is CCCN(C(=O)C(Cc1ccc(O)cc1)NC(=O)OC(C)(C)C)C(C(=O)Nc1ccc2ccccc2c1)c1ccc(C)cc1. The van der Waals surface area contributed by atoms with Crippen LogP contribution in [0.15, 0.2) is 91.0 Å². The first-order valence-electron chi connectivity index (χ1n) is 14.9. The van der Waals surface area contributed by atoms with E-state index in [1.54, 1.807) is 32.9 Å². The van der Waals surface area contributed by atoms with Gasteiger partial charge in [-0.2, -0.15) is 0 Å². The van der Waals surface area contributed by atoms with Crippen LogP contribution in [0.5, 0.6) is 5.75 Å². The average Bonchev–Trinajstić information content (AvgIpc) is 2.97. The number of rotatable bonds is 10. The van der Waals surface area contributed by atoms with Crippen molar-refractivity contribution in [1.29, 1.82) is 0 Å². The maximum absolute atomic E-state index is 14.4. The van der Waals surface area contributed by atoms with Gasteiger partial charge in [0.15, 0.2) is 0 Å². The van der Waals surface area contributed by atoms with E-state index in [0.29, 0.717) is 17.7 Å². The Morgan fingerprint density at radius 2 is 1.55 bits per heavy atom. The fraction of sp³-hybridized carbons (Fsp3) is 0.306. The zero-order valence-corrected chi connectivity index (χ0v) is 26.0. The number of carbonyl (C=O) groups excluding carboxylic acids is 3. The van der Waals surface area contributed by atoms with Crippen LogP contribution in [0.4, 0.5) is 10.5 Å². The number of benzene rings is 4. The molecule has 4 rings (SSSR count). The highest BCUT2D eigenvalue weighted by molar-refractivity contribution is 6.00. The number of nitrogens with zero attached hydrogens (tertiary/aromatic N) is 1. The maximum atomic E-state index is 14.4. The first kappa shape index (κ1) is 32.1. The zero-order valence-electron chi connectivity index (χ0n) is 26.0. The summed E-state index contributed by atoms with van der Waals surface area (Å²) in [5, 5.41) is 17.6. The van der Waals surface area contributed by atoms with Crippen LogP contribution in [0.25, 0.3) is 10.8 Å². The maximum Gasteiger partial charge on any atom is 0.408 e. The summed E-state index contributed by atoms with van der Waals surface area (Å²) in [5.74, 6) is -0.703. The Balaban J connectivity index is 1.72. The van der Waals surface area contributed by atoms with Crippen molar-refractivity contribution in [3.63, 3.8) is 0 Å². The van der Waals surface area contributed by atoms with Gasteiger partial charge in [-0.05, 0) is 80.3 Å². The molecule has 230 valence electrons. The average molecular weight is 596 g/mol. The Morgan fingerprint density at radius 3 is 2.18 bits per heavy atom. The van der Waals surface area contributed by atoms with Crippen LogP contribution >= 0.6 is 0 Å². The molecule has 8 heteroatoms. The highest BCUT2D eigenvalue weighted by atomic mass is 16.6. The molecule has 0 aliphatic heterocycles. The smallest absolute Gasteiger partial charge is 0.408 e. The Labute approximate surface area is 259 Å². The van der Waals surface area contributed by atoms with Gasteiger partial charge < -0.3 is 25.4 Å². The van der Waals surface area contributed by atoms with E-state index in [-0.39, 0.29) is 24.6 Å². The number of hydrogen-bond donors (Lipinski definition) is 3. The third-order valence-corrected chi connectivity index (χ3v) is 7.08. The van der Waals surface area contributed by atoms with E-state index in [1.807, 2.05) is 80.6 Å². The summed E-state index contributed by atoms with van der Waals surface area (Å²) in [4.78, 5) is 43.0. The Morgan fingerprint density at radius 1 is 0.886 bits per heavy atom. The van der Waals surface area contributed by atoms with Crippen LogP contribution in [0.3, 0.4) is 0 Å². The molecule has 3 N–H and O–H groups in total. The lowest BCUT2D eigenvalue weighted by atomic mass is 9.99. The lowest BCUT2D eigenvalue weighted by Crippen LogP contribution is -2.53. The fourth-order valence-corrected chi connectivity index (χ4v) is 5.02. The van der Waals surface area contributed by atoms with E-state index >= 15 is 0 Å². The second-order valence-electron chi connectivity index (χ2n) is 12.0. The largest absolute Gasteiger partial charge is 0.508 e. The van der Waals surface area contributed by atoms with Gasteiger partial charge >= 0.3 is 6.09 Å². The van der Waals surface area contributed by atoms with Crippen LogP contribution in [-0.2, 0) is 20.7 Å². The lowest BCUT2D eigenvalue weighted by Gasteiger charge is -2.34. The van der Waals surface area contributed by atoms with Crippen molar-refractivity contribution in [2.75, 3.05) is 11.9 Å². The third kappa shape index (κ3) is 8.60. The van der Waals surface area contributed by atoms with Crippen LogP contribution in [0, 0.1) is 6.92 Å². The molecule has 0 saturated carbocycles. The number of ether oxygens (including phenoxy) is 1. The van der Waals surface area contributed by atoms with E-state index < -0.39 is 29.7 Å². The summed E-state index contributed by atoms with van der Waals surface area (Å²) < 4.78 is 5.49. The molecule has 4 aromatic rings. The van der Waals surface area contributed by atoms with Gasteiger partial charge in [0.25, 0.3) is 5.91 Å². The third-order valence-electron chi connectivity index (χ3n) is 7.08. The lowest BCUT2D eigenvalue weighted by molar-refractivity contribution is -0.140. The highest BCUT2D eigenvalue weighted by Gasteiger charge is 2.36. The zero-order chi connectivity index (χ0) is 31.9. The molecular formula is C36H41N3O5. The monoisotopic (exact) mass is 595 g/mol. The number of phenols is 1. The normalized spacial score (nSPS) is 12.7. The van der Waals surface area contributed by atoms with Crippen LogP contribution < -0.4 is 10.6 Å². The molecule has 0 aromatic heterocycles. The fourth-order valence-electron chi connectivity index (χ4n) is 5.02. The van der Waals surface area contributed by atoms with E-state index in [4.69, 9.17) is 4.74 Å². The number of nitrogens with one attached hydrogen (secondary N) is 2. The minimum Gasteiger partial charge on any atom is -0.508 e. The number of phenolic OH excluding ortho intramolecular Hbond substituents is 1. The van der Waals surface area contributed by atoms with Crippen molar-refractivity contribution in [3.05, 3.63) is 108 Å². The summed E-state index contributed by atoms with van der Waals surface area (Å²) in [6.07, 6.45) is -0.0279. The second kappa shape index (κ2) is 14.1. The van der Waals surface area contributed by atoms with E-state index in [1.165, 1.54) is 17.0 Å². The Kier molecular flexibility index (Phi) is 10.3. The molecule has 2 atom stereocenters. The van der Waals surface area contributed by atoms with Gasteiger partial charge in [-0.15, -0.1) is 0 Å². The van der Waals surface area contributed by atoms with E-state index in [9.17, 15) is 19.5 Å². The molecule has 0 heterocycles. The highest BCUT2D eigenvalue weighted by Crippen LogP contribution is 2.27. The van der Waals surface area contributed by atoms with Crippen molar-refractivity contribution in [3.8, 4) is 5.75 Å². The van der Waals surface area contributed by atoms with Crippen molar-refractivity contribution in [2.24, 2.45) is 0 Å². The molecule has 0 spiro atoms. The summed E-state index contributed by atoms with van der Waals surface area (Å²) >= 11 is 0. The molecular weight excluding hydrogens is 554 g/mol. The summed E-state index contributed by atoms with van der Waals surface area (Å²) in [5.41, 5.74) is 2.23. The molecule has 0 bridgehead atoms. The van der Waals surface area contributed by atoms with Crippen LogP contribution in [-0.4, -0.2) is 46.1 Å². The minimum absolute atomic E-state index is 0.0918. The molecule has 44 heavy (non-hydrogen) atoms. The van der Waals surface area contributed by atoms with Gasteiger partial charge in [-0.3, -0.25) is 9.59 Å². The molecule has 2 unspecified atom stereocenters. The quantitative estimate of drug-likeness (QED) is 0.185. The summed E-state index contributed by atoms with van der Waals surface area (Å²) in [6.45, 7) is 9.40. The van der Waals surface area contributed by atoms with Crippen molar-refractivity contribution in [1.82, 2.24) is 10.2 Å². The predicted octanol–water partition coefficient (Wildman–Crippen LogP) is 6.91. The van der Waals surface area contributed by atoms with Gasteiger partial charge in [0.1, 0.15) is 23.4 Å². The van der Waals surface area contributed by atoms with Gasteiger partial charge in [0.2, 0.25) is 5.91 Å². The molecule has 0 fully saturated rings. The summed E-state index contributed by atoms with van der Waals surface area (Å²) in [7, 11) is 0. The molecule has 4 aromatic carbocycles. The van der Waals surface area contributed by atoms with Crippen LogP contribution in [0.1, 0.15) is 56.8 Å². The number of hydrogen-bond acceptors (Lipinski definition) is 5.